The summed E-state index contributed by atoms with van der Waals surface area (Å²) in [5, 5.41) is 3.96. The Bertz CT molecular complexity index is 140. The predicted octanol–water partition coefficient (Wildman–Crippen LogP) is 0.511. The van der Waals surface area contributed by atoms with E-state index >= 15 is 0 Å². The average Bonchev–Trinajstić information content (AvgIpc) is 2.34. The Morgan fingerprint density at radius 2 is 2.44 bits per heavy atom. The number of aliphatic imine (C=N–C) groups is 1. The van der Waals surface area contributed by atoms with Crippen molar-refractivity contribution in [3.63, 3.8) is 0 Å². The normalized spacial score (nSPS) is 15.4. The van der Waals surface area contributed by atoms with E-state index in [0.717, 1.165) is 12.3 Å². The molecule has 0 aromatic rings. The molecule has 0 saturated carbocycles. The second-order valence-corrected chi connectivity index (χ2v) is 1.72. The molecule has 1 aliphatic rings. The third kappa shape index (κ3) is 1.85. The molecule has 9 heavy (non-hydrogen) atoms. The Kier molecular flexibility index (Phi) is 2.27. The molecule has 0 N–H and O–H groups in total. The van der Waals surface area contributed by atoms with Crippen LogP contribution in [-0.2, 0) is 4.74 Å². The highest BCUT2D eigenvalue weighted by Gasteiger charge is 1.99. The van der Waals surface area contributed by atoms with Crippen LogP contribution in [-0.4, -0.2) is 19.6 Å². The molecule has 1 heterocycles. The quantitative estimate of drug-likeness (QED) is 0.541. The van der Waals surface area contributed by atoms with Crippen LogP contribution in [0.1, 0.15) is 6.42 Å². The van der Waals surface area contributed by atoms with E-state index in [2.05, 4.69) is 10.3 Å². The first-order chi connectivity index (χ1) is 4.43. The molecule has 0 amide bonds. The summed E-state index contributed by atoms with van der Waals surface area (Å²) in [6, 6.07) is 0. The number of hydrogen-bond donors (Lipinski definition) is 0. The molecule has 0 bridgehead atoms. The van der Waals surface area contributed by atoms with Crippen molar-refractivity contribution in [3.05, 3.63) is 12.4 Å². The van der Waals surface area contributed by atoms with Gasteiger partial charge in [0.05, 0.1) is 6.61 Å². The minimum Gasteiger partial charge on any atom is -0.384 e. The van der Waals surface area contributed by atoms with Gasteiger partial charge in [-0.25, -0.2) is 10.3 Å². The van der Waals surface area contributed by atoms with Gasteiger partial charge in [0.15, 0.2) is 0 Å². The van der Waals surface area contributed by atoms with Gasteiger partial charge in [-0.15, -0.1) is 0 Å². The summed E-state index contributed by atoms with van der Waals surface area (Å²) < 4.78 is 4.84. The standard InChI is InChI=1S/C6H9N2O/c1-9-5-2-6-7-3-4-8-6/h3-4H,2,5H2,1H3. The van der Waals surface area contributed by atoms with Gasteiger partial charge >= 0.3 is 0 Å². The maximum atomic E-state index is 4.84. The lowest BCUT2D eigenvalue weighted by molar-refractivity contribution is 0.207. The molecule has 49 valence electrons. The van der Waals surface area contributed by atoms with E-state index in [1.54, 1.807) is 19.5 Å². The summed E-state index contributed by atoms with van der Waals surface area (Å²) in [4.78, 5) is 3.96. The summed E-state index contributed by atoms with van der Waals surface area (Å²) in [7, 11) is 1.67. The third-order valence-electron chi connectivity index (χ3n) is 1.04. The van der Waals surface area contributed by atoms with E-state index in [4.69, 9.17) is 4.74 Å². The highest BCUT2D eigenvalue weighted by molar-refractivity contribution is 5.84. The van der Waals surface area contributed by atoms with E-state index in [1.165, 1.54) is 0 Å². The fourth-order valence-electron chi connectivity index (χ4n) is 0.595. The number of amidine groups is 1. The molecule has 1 radical (unpaired) electrons. The van der Waals surface area contributed by atoms with Crippen molar-refractivity contribution in [3.8, 4) is 0 Å². The Hall–Kier alpha value is -0.830. The smallest absolute Gasteiger partial charge is 0.130 e. The fourth-order valence-corrected chi connectivity index (χ4v) is 0.595. The largest absolute Gasteiger partial charge is 0.384 e. The predicted molar refractivity (Wildman–Crippen MR) is 35.2 cm³/mol. The van der Waals surface area contributed by atoms with Gasteiger partial charge in [0, 0.05) is 25.9 Å². The van der Waals surface area contributed by atoms with Gasteiger partial charge in [-0.3, -0.25) is 0 Å². The van der Waals surface area contributed by atoms with Gasteiger partial charge in [-0.05, 0) is 0 Å². The fraction of sp³-hybridized carbons (Fsp3) is 0.500. The highest BCUT2D eigenvalue weighted by Crippen LogP contribution is 1.93. The molecule has 0 aliphatic carbocycles. The Balaban J connectivity index is 2.14. The number of rotatable bonds is 3. The minimum absolute atomic E-state index is 0.698. The minimum atomic E-state index is 0.698. The summed E-state index contributed by atoms with van der Waals surface area (Å²) in [6.07, 6.45) is 4.18. The van der Waals surface area contributed by atoms with Crippen molar-refractivity contribution in [2.45, 2.75) is 6.42 Å². The van der Waals surface area contributed by atoms with E-state index in [9.17, 15) is 0 Å². The van der Waals surface area contributed by atoms with E-state index in [-0.39, 0.29) is 0 Å². The van der Waals surface area contributed by atoms with Crippen LogP contribution >= 0.6 is 0 Å². The topological polar surface area (TPSA) is 35.7 Å². The van der Waals surface area contributed by atoms with E-state index in [0.29, 0.717) is 6.61 Å². The molecule has 0 fully saturated rings. The lowest BCUT2D eigenvalue weighted by Gasteiger charge is -1.95. The molecule has 3 heteroatoms. The van der Waals surface area contributed by atoms with Crippen molar-refractivity contribution in [2.24, 2.45) is 4.99 Å². The van der Waals surface area contributed by atoms with Crippen LogP contribution in [0.5, 0.6) is 0 Å². The zero-order chi connectivity index (χ0) is 6.53. The second-order valence-electron chi connectivity index (χ2n) is 1.72. The molecule has 0 aromatic heterocycles. The van der Waals surface area contributed by atoms with Gasteiger partial charge < -0.3 is 4.74 Å². The van der Waals surface area contributed by atoms with Crippen LogP contribution < -0.4 is 5.32 Å². The Morgan fingerprint density at radius 1 is 1.56 bits per heavy atom. The molecular weight excluding hydrogens is 116 g/mol. The van der Waals surface area contributed by atoms with Crippen LogP contribution in [0.3, 0.4) is 0 Å². The molecule has 3 nitrogen and oxygen atoms in total. The van der Waals surface area contributed by atoms with Crippen molar-refractivity contribution in [1.82, 2.24) is 5.32 Å². The summed E-state index contributed by atoms with van der Waals surface area (Å²) >= 11 is 0. The maximum Gasteiger partial charge on any atom is 0.130 e. The number of methoxy groups -OCH3 is 1. The summed E-state index contributed by atoms with van der Waals surface area (Å²) in [5.74, 6) is 0.858. The van der Waals surface area contributed by atoms with Crippen molar-refractivity contribution >= 4 is 5.84 Å². The lowest BCUT2D eigenvalue weighted by atomic mass is 10.4. The number of hydrogen-bond acceptors (Lipinski definition) is 2. The molecule has 0 aromatic carbocycles. The van der Waals surface area contributed by atoms with Crippen LogP contribution in [0.25, 0.3) is 0 Å². The van der Waals surface area contributed by atoms with Crippen molar-refractivity contribution in [1.29, 1.82) is 0 Å². The molecular formula is C6H9N2O. The number of ether oxygens (including phenoxy) is 1. The first-order valence-corrected chi connectivity index (χ1v) is 2.85. The van der Waals surface area contributed by atoms with Gasteiger partial charge in [-0.2, -0.15) is 0 Å². The van der Waals surface area contributed by atoms with Gasteiger partial charge in [0.25, 0.3) is 0 Å². The zero-order valence-corrected chi connectivity index (χ0v) is 5.37. The van der Waals surface area contributed by atoms with Gasteiger partial charge in [0.2, 0.25) is 0 Å². The first kappa shape index (κ1) is 6.29. The van der Waals surface area contributed by atoms with Crippen LogP contribution in [0.2, 0.25) is 0 Å². The molecule has 0 spiro atoms. The highest BCUT2D eigenvalue weighted by atomic mass is 16.5. The van der Waals surface area contributed by atoms with Crippen LogP contribution in [0.4, 0.5) is 0 Å². The summed E-state index contributed by atoms with van der Waals surface area (Å²) in [6.45, 7) is 0.698. The van der Waals surface area contributed by atoms with Gasteiger partial charge in [-0.1, -0.05) is 0 Å². The lowest BCUT2D eigenvalue weighted by Crippen LogP contribution is -2.08. The SMILES string of the molecule is COCCC1=NC=C[N]1. The maximum absolute atomic E-state index is 4.84. The Labute approximate surface area is 54.4 Å². The Morgan fingerprint density at radius 3 is 3.00 bits per heavy atom. The van der Waals surface area contributed by atoms with Crippen molar-refractivity contribution < 1.29 is 4.74 Å². The molecule has 0 unspecified atom stereocenters. The van der Waals surface area contributed by atoms with E-state index in [1.807, 2.05) is 0 Å². The molecule has 0 atom stereocenters. The number of nitrogens with zero attached hydrogens (tertiary/aromatic N) is 2. The van der Waals surface area contributed by atoms with Gasteiger partial charge in [0.1, 0.15) is 5.84 Å². The third-order valence-corrected chi connectivity index (χ3v) is 1.04. The monoisotopic (exact) mass is 125 g/mol. The average molecular weight is 125 g/mol. The molecule has 1 aliphatic heterocycles. The molecule has 0 saturated heterocycles. The second kappa shape index (κ2) is 3.25. The van der Waals surface area contributed by atoms with E-state index < -0.39 is 0 Å². The molecule has 1 rings (SSSR count). The van der Waals surface area contributed by atoms with Crippen LogP contribution in [0, 0.1) is 0 Å². The first-order valence-electron chi connectivity index (χ1n) is 2.85. The zero-order valence-electron chi connectivity index (χ0n) is 5.37. The van der Waals surface area contributed by atoms with Crippen molar-refractivity contribution in [2.75, 3.05) is 13.7 Å². The summed E-state index contributed by atoms with van der Waals surface area (Å²) in [5.41, 5.74) is 0. The van der Waals surface area contributed by atoms with Crippen LogP contribution in [0.15, 0.2) is 17.4 Å².